The predicted octanol–water partition coefficient (Wildman–Crippen LogP) is 2.59. The van der Waals surface area contributed by atoms with Gasteiger partial charge in [0.2, 0.25) is 5.89 Å². The molecule has 0 unspecified atom stereocenters. The highest BCUT2D eigenvalue weighted by Gasteiger charge is 2.09. The lowest BCUT2D eigenvalue weighted by atomic mass is 10.2. The van der Waals surface area contributed by atoms with E-state index in [0.717, 1.165) is 0 Å². The number of nitrogens with zero attached hydrogens (tertiary/aromatic N) is 1. The highest BCUT2D eigenvalue weighted by Crippen LogP contribution is 2.28. The second kappa shape index (κ2) is 4.00. The molecule has 5 heteroatoms. The first-order valence-corrected chi connectivity index (χ1v) is 4.68. The Kier molecular flexibility index (Phi) is 2.70. The van der Waals surface area contributed by atoms with Crippen LogP contribution in [0, 0.1) is 5.82 Å². The topological polar surface area (TPSA) is 52.0 Å². The first-order valence-electron chi connectivity index (χ1n) is 4.31. The van der Waals surface area contributed by atoms with E-state index in [-0.39, 0.29) is 17.4 Å². The molecule has 2 rings (SSSR count). The fraction of sp³-hybridized carbons (Fsp3) is 0.100. The number of hydrogen-bond donors (Lipinski definition) is 1. The van der Waals surface area contributed by atoms with E-state index < -0.39 is 0 Å². The lowest BCUT2D eigenvalue weighted by molar-refractivity contribution is 0.509. The van der Waals surface area contributed by atoms with Gasteiger partial charge in [0.05, 0.1) is 17.8 Å². The van der Waals surface area contributed by atoms with Gasteiger partial charge < -0.3 is 10.2 Å². The molecule has 0 spiro atoms. The summed E-state index contributed by atoms with van der Waals surface area (Å²) in [6.45, 7) is 0.221. The minimum Gasteiger partial charge on any atom is -0.439 e. The number of halogens is 2. The van der Waals surface area contributed by atoms with Crippen molar-refractivity contribution in [1.82, 2.24) is 4.98 Å². The van der Waals surface area contributed by atoms with Crippen molar-refractivity contribution in [1.29, 1.82) is 0 Å². The molecular weight excluding hydrogens is 219 g/mol. The molecule has 0 atom stereocenters. The molecule has 1 aromatic heterocycles. The molecule has 0 saturated heterocycles. The highest BCUT2D eigenvalue weighted by molar-refractivity contribution is 6.33. The summed E-state index contributed by atoms with van der Waals surface area (Å²) in [5.41, 5.74) is 5.96. The van der Waals surface area contributed by atoms with Crippen LogP contribution in [0.4, 0.5) is 4.39 Å². The molecule has 78 valence electrons. The molecule has 0 bridgehead atoms. The molecule has 1 heterocycles. The molecule has 15 heavy (non-hydrogen) atoms. The van der Waals surface area contributed by atoms with Crippen molar-refractivity contribution in [2.45, 2.75) is 6.54 Å². The summed E-state index contributed by atoms with van der Waals surface area (Å²) in [5, 5.41) is 0.287. The minimum atomic E-state index is -0.387. The smallest absolute Gasteiger partial charge is 0.208 e. The first kappa shape index (κ1) is 10.1. The van der Waals surface area contributed by atoms with Crippen LogP contribution in [-0.2, 0) is 6.54 Å². The van der Waals surface area contributed by atoms with Crippen molar-refractivity contribution < 1.29 is 8.81 Å². The van der Waals surface area contributed by atoms with Crippen molar-refractivity contribution in [2.24, 2.45) is 5.73 Å². The Morgan fingerprint density at radius 2 is 2.27 bits per heavy atom. The lowest BCUT2D eigenvalue weighted by Crippen LogP contribution is -1.94. The molecule has 0 saturated carbocycles. The van der Waals surface area contributed by atoms with Crippen LogP contribution < -0.4 is 5.73 Å². The van der Waals surface area contributed by atoms with Crippen molar-refractivity contribution in [3.63, 3.8) is 0 Å². The zero-order valence-corrected chi connectivity index (χ0v) is 8.46. The fourth-order valence-electron chi connectivity index (χ4n) is 1.22. The van der Waals surface area contributed by atoms with Gasteiger partial charge in [0.15, 0.2) is 5.76 Å². The molecule has 1 aromatic carbocycles. The molecule has 2 aromatic rings. The normalized spacial score (nSPS) is 10.6. The maximum absolute atomic E-state index is 12.8. The maximum Gasteiger partial charge on any atom is 0.208 e. The Balaban J connectivity index is 2.44. The number of benzene rings is 1. The molecule has 0 aliphatic carbocycles. The molecule has 0 fully saturated rings. The monoisotopic (exact) mass is 226 g/mol. The number of rotatable bonds is 2. The Labute approximate surface area is 90.7 Å². The zero-order chi connectivity index (χ0) is 10.8. The third kappa shape index (κ3) is 2.00. The summed E-state index contributed by atoms with van der Waals surface area (Å²) in [5.74, 6) is 0.521. The predicted molar refractivity (Wildman–Crippen MR) is 54.8 cm³/mol. The SMILES string of the molecule is NCc1ncc(-c2ccc(F)cc2Cl)o1. The van der Waals surface area contributed by atoms with Crippen LogP contribution in [-0.4, -0.2) is 4.98 Å². The van der Waals surface area contributed by atoms with Gasteiger partial charge in [-0.2, -0.15) is 0 Å². The first-order chi connectivity index (χ1) is 7.20. The van der Waals surface area contributed by atoms with Crippen LogP contribution in [0.3, 0.4) is 0 Å². The molecule has 2 N–H and O–H groups in total. The van der Waals surface area contributed by atoms with Crippen LogP contribution in [0.2, 0.25) is 5.02 Å². The van der Waals surface area contributed by atoms with Gasteiger partial charge in [-0.1, -0.05) is 11.6 Å². The fourth-order valence-corrected chi connectivity index (χ4v) is 1.48. The molecule has 0 aliphatic rings. The van der Waals surface area contributed by atoms with E-state index in [0.29, 0.717) is 17.2 Å². The van der Waals surface area contributed by atoms with Gasteiger partial charge in [0, 0.05) is 5.56 Å². The standard InChI is InChI=1S/C10H8ClFN2O/c11-8-3-6(12)1-2-7(8)9-5-14-10(4-13)15-9/h1-3,5H,4,13H2. The molecule has 3 nitrogen and oxygen atoms in total. The van der Waals surface area contributed by atoms with Crippen molar-refractivity contribution >= 4 is 11.6 Å². The maximum atomic E-state index is 12.8. The van der Waals surface area contributed by atoms with Crippen molar-refractivity contribution in [3.8, 4) is 11.3 Å². The van der Waals surface area contributed by atoms with E-state index >= 15 is 0 Å². The van der Waals surface area contributed by atoms with Gasteiger partial charge in [-0.15, -0.1) is 0 Å². The quantitative estimate of drug-likeness (QED) is 0.856. The summed E-state index contributed by atoms with van der Waals surface area (Å²) in [6.07, 6.45) is 1.52. The van der Waals surface area contributed by atoms with Crippen LogP contribution in [0.5, 0.6) is 0 Å². The number of hydrogen-bond acceptors (Lipinski definition) is 3. The van der Waals surface area contributed by atoms with E-state index in [1.807, 2.05) is 0 Å². The Morgan fingerprint density at radius 3 is 2.87 bits per heavy atom. The number of nitrogens with two attached hydrogens (primary N) is 1. The largest absolute Gasteiger partial charge is 0.439 e. The van der Waals surface area contributed by atoms with E-state index in [4.69, 9.17) is 21.8 Å². The summed E-state index contributed by atoms with van der Waals surface area (Å²) in [4.78, 5) is 3.93. The Hall–Kier alpha value is -1.39. The summed E-state index contributed by atoms with van der Waals surface area (Å²) in [7, 11) is 0. The van der Waals surface area contributed by atoms with Crippen molar-refractivity contribution in [3.05, 3.63) is 41.1 Å². The summed E-state index contributed by atoms with van der Waals surface area (Å²) < 4.78 is 18.1. The third-order valence-corrected chi connectivity index (χ3v) is 2.24. The third-order valence-electron chi connectivity index (χ3n) is 1.92. The van der Waals surface area contributed by atoms with Crippen LogP contribution >= 0.6 is 11.6 Å². The molecule has 0 amide bonds. The van der Waals surface area contributed by atoms with Crippen molar-refractivity contribution in [2.75, 3.05) is 0 Å². The molecule has 0 radical (unpaired) electrons. The van der Waals surface area contributed by atoms with E-state index in [9.17, 15) is 4.39 Å². The van der Waals surface area contributed by atoms with Gasteiger partial charge in [0.25, 0.3) is 0 Å². The second-order valence-corrected chi connectivity index (χ2v) is 3.35. The minimum absolute atomic E-state index is 0.221. The summed E-state index contributed by atoms with van der Waals surface area (Å²) in [6, 6.07) is 4.08. The highest BCUT2D eigenvalue weighted by atomic mass is 35.5. The van der Waals surface area contributed by atoms with Crippen LogP contribution in [0.1, 0.15) is 5.89 Å². The number of oxazole rings is 1. The van der Waals surface area contributed by atoms with Gasteiger partial charge in [-0.3, -0.25) is 0 Å². The Bertz CT molecular complexity index is 484. The van der Waals surface area contributed by atoms with Gasteiger partial charge in [0.1, 0.15) is 5.82 Å². The average molecular weight is 227 g/mol. The second-order valence-electron chi connectivity index (χ2n) is 2.95. The van der Waals surface area contributed by atoms with Gasteiger partial charge >= 0.3 is 0 Å². The van der Waals surface area contributed by atoms with Gasteiger partial charge in [-0.05, 0) is 18.2 Å². The summed E-state index contributed by atoms with van der Waals surface area (Å²) >= 11 is 5.86. The molecule has 0 aliphatic heterocycles. The molecular formula is C10H8ClFN2O. The van der Waals surface area contributed by atoms with Crippen LogP contribution in [0.25, 0.3) is 11.3 Å². The van der Waals surface area contributed by atoms with Gasteiger partial charge in [-0.25, -0.2) is 9.37 Å². The van der Waals surface area contributed by atoms with Crippen LogP contribution in [0.15, 0.2) is 28.8 Å². The zero-order valence-electron chi connectivity index (χ0n) is 7.71. The number of aromatic nitrogens is 1. The van der Waals surface area contributed by atoms with E-state index in [2.05, 4.69) is 4.98 Å². The van der Waals surface area contributed by atoms with E-state index in [1.54, 1.807) is 6.07 Å². The Morgan fingerprint density at radius 1 is 1.47 bits per heavy atom. The lowest BCUT2D eigenvalue weighted by Gasteiger charge is -1.99. The average Bonchev–Trinajstić information content (AvgIpc) is 2.66. The van der Waals surface area contributed by atoms with E-state index in [1.165, 1.54) is 18.3 Å².